The normalized spacial score (nSPS) is 16.7. The topological polar surface area (TPSA) is 78.4 Å². The van der Waals surface area contributed by atoms with E-state index in [1.54, 1.807) is 18.3 Å². The number of hydrogen-bond acceptors (Lipinski definition) is 4. The van der Waals surface area contributed by atoms with E-state index in [0.29, 0.717) is 12.2 Å². The monoisotopic (exact) mass is 390 g/mol. The van der Waals surface area contributed by atoms with Crippen LogP contribution < -0.4 is 10.6 Å². The molecular formula is C20H23FN2O3S. The predicted octanol–water partition coefficient (Wildman–Crippen LogP) is 3.51. The molecule has 3 N–H and O–H groups in total. The molecule has 0 aliphatic heterocycles. The lowest BCUT2D eigenvalue weighted by Gasteiger charge is -2.28. The van der Waals surface area contributed by atoms with Crippen molar-refractivity contribution in [1.29, 1.82) is 0 Å². The van der Waals surface area contributed by atoms with Crippen LogP contribution in [-0.2, 0) is 15.0 Å². The number of benzene rings is 1. The van der Waals surface area contributed by atoms with Crippen LogP contribution in [0.15, 0.2) is 36.4 Å². The van der Waals surface area contributed by atoms with Gasteiger partial charge in [-0.3, -0.25) is 9.59 Å². The van der Waals surface area contributed by atoms with Gasteiger partial charge in [0, 0.05) is 27.4 Å². The average molecular weight is 390 g/mol. The highest BCUT2D eigenvalue weighted by Crippen LogP contribution is 2.44. The van der Waals surface area contributed by atoms with E-state index in [4.69, 9.17) is 0 Å². The van der Waals surface area contributed by atoms with Gasteiger partial charge in [-0.05, 0) is 56.2 Å². The van der Waals surface area contributed by atoms with Gasteiger partial charge in [-0.1, -0.05) is 12.8 Å². The highest BCUT2D eigenvalue weighted by molar-refractivity contribution is 7.12. The Balaban J connectivity index is 1.64. The summed E-state index contributed by atoms with van der Waals surface area (Å²) >= 11 is 1.56. The van der Waals surface area contributed by atoms with Crippen LogP contribution in [0.1, 0.15) is 48.5 Å². The van der Waals surface area contributed by atoms with Crippen LogP contribution in [0.2, 0.25) is 0 Å². The van der Waals surface area contributed by atoms with Gasteiger partial charge in [0.05, 0.1) is 6.10 Å². The van der Waals surface area contributed by atoms with Gasteiger partial charge in [-0.15, -0.1) is 11.3 Å². The second-order valence-electron chi connectivity index (χ2n) is 7.01. The number of hydrogen-bond donors (Lipinski definition) is 3. The van der Waals surface area contributed by atoms with Gasteiger partial charge in [-0.2, -0.15) is 0 Å². The molecule has 144 valence electrons. The molecular weight excluding hydrogens is 367 g/mol. The van der Waals surface area contributed by atoms with Crippen molar-refractivity contribution >= 4 is 28.8 Å². The van der Waals surface area contributed by atoms with Gasteiger partial charge in [0.25, 0.3) is 0 Å². The molecule has 0 saturated heterocycles. The van der Waals surface area contributed by atoms with Crippen LogP contribution in [0.5, 0.6) is 0 Å². The number of thiophene rings is 1. The first-order valence-corrected chi connectivity index (χ1v) is 9.84. The fraction of sp³-hybridized carbons (Fsp3) is 0.400. The lowest BCUT2D eigenvalue weighted by molar-refractivity contribution is -0.136. The predicted molar refractivity (Wildman–Crippen MR) is 103 cm³/mol. The molecule has 2 aromatic rings. The summed E-state index contributed by atoms with van der Waals surface area (Å²) in [7, 11) is 0. The fourth-order valence-electron chi connectivity index (χ4n) is 3.48. The molecule has 2 amide bonds. The van der Waals surface area contributed by atoms with Crippen molar-refractivity contribution in [2.45, 2.75) is 44.1 Å². The third-order valence-electron chi connectivity index (χ3n) is 5.02. The minimum absolute atomic E-state index is 0.191. The van der Waals surface area contributed by atoms with E-state index in [1.807, 2.05) is 12.1 Å². The smallest absolute Gasteiger partial charge is 0.313 e. The number of carbonyl (C=O) groups excluding carboxylic acids is 2. The average Bonchev–Trinajstić information content (AvgIpc) is 3.31. The Hall–Kier alpha value is -2.25. The summed E-state index contributed by atoms with van der Waals surface area (Å²) in [4.78, 5) is 26.3. The maximum atomic E-state index is 12.9. The van der Waals surface area contributed by atoms with Crippen LogP contribution in [0.3, 0.4) is 0 Å². The maximum absolute atomic E-state index is 12.9. The molecule has 1 aromatic heterocycles. The molecule has 1 aliphatic carbocycles. The van der Waals surface area contributed by atoms with E-state index in [0.717, 1.165) is 35.4 Å². The Labute approximate surface area is 161 Å². The summed E-state index contributed by atoms with van der Waals surface area (Å²) in [5, 5.41) is 15.0. The van der Waals surface area contributed by atoms with Crippen molar-refractivity contribution in [2.75, 3.05) is 11.9 Å². The molecule has 0 unspecified atom stereocenters. The molecule has 3 rings (SSSR count). The minimum atomic E-state index is -0.773. The number of aliphatic hydroxyl groups is 1. The van der Waals surface area contributed by atoms with Crippen molar-refractivity contribution in [2.24, 2.45) is 0 Å². The van der Waals surface area contributed by atoms with Crippen LogP contribution in [-0.4, -0.2) is 23.5 Å². The number of rotatable bonds is 5. The van der Waals surface area contributed by atoms with Gasteiger partial charge >= 0.3 is 11.8 Å². The molecule has 1 aliphatic rings. The second kappa shape index (κ2) is 8.19. The number of aliphatic hydroxyl groups excluding tert-OH is 1. The van der Waals surface area contributed by atoms with Crippen molar-refractivity contribution < 1.29 is 19.1 Å². The molecule has 1 aromatic carbocycles. The van der Waals surface area contributed by atoms with E-state index in [2.05, 4.69) is 10.6 Å². The molecule has 1 saturated carbocycles. The molecule has 1 atom stereocenters. The Morgan fingerprint density at radius 1 is 1.15 bits per heavy atom. The van der Waals surface area contributed by atoms with E-state index < -0.39 is 23.7 Å². The highest BCUT2D eigenvalue weighted by atomic mass is 32.1. The molecule has 0 spiro atoms. The number of nitrogens with one attached hydrogen (secondary N) is 2. The van der Waals surface area contributed by atoms with Gasteiger partial charge in [-0.25, -0.2) is 4.39 Å². The number of carbonyl (C=O) groups is 2. The van der Waals surface area contributed by atoms with Crippen LogP contribution in [0.4, 0.5) is 10.1 Å². The third kappa shape index (κ3) is 4.54. The van der Waals surface area contributed by atoms with Crippen LogP contribution in [0, 0.1) is 5.82 Å². The van der Waals surface area contributed by atoms with Crippen molar-refractivity contribution in [3.8, 4) is 0 Å². The number of amides is 2. The Morgan fingerprint density at radius 2 is 1.81 bits per heavy atom. The number of anilines is 1. The summed E-state index contributed by atoms with van der Waals surface area (Å²) in [6.45, 7) is 2.11. The summed E-state index contributed by atoms with van der Waals surface area (Å²) < 4.78 is 12.9. The molecule has 0 bridgehead atoms. The lowest BCUT2D eigenvalue weighted by atomic mass is 9.84. The van der Waals surface area contributed by atoms with Crippen LogP contribution >= 0.6 is 11.3 Å². The van der Waals surface area contributed by atoms with Crippen molar-refractivity contribution in [1.82, 2.24) is 5.32 Å². The fourth-order valence-corrected chi connectivity index (χ4v) is 4.66. The lowest BCUT2D eigenvalue weighted by Crippen LogP contribution is -2.43. The highest BCUT2D eigenvalue weighted by Gasteiger charge is 2.37. The SMILES string of the molecule is C[C@@H](O)c1ccc(C2(CNC(=O)C(=O)Nc3ccc(F)cc3)CCCC2)s1. The summed E-state index contributed by atoms with van der Waals surface area (Å²) in [5.41, 5.74) is 0.177. The molecule has 1 fully saturated rings. The van der Waals surface area contributed by atoms with Crippen molar-refractivity contribution in [3.63, 3.8) is 0 Å². The van der Waals surface area contributed by atoms with Crippen LogP contribution in [0.25, 0.3) is 0 Å². The van der Waals surface area contributed by atoms with Gasteiger partial charge in [0.2, 0.25) is 0 Å². The largest absolute Gasteiger partial charge is 0.388 e. The minimum Gasteiger partial charge on any atom is -0.388 e. The Kier molecular flexibility index (Phi) is 5.92. The molecule has 0 radical (unpaired) electrons. The van der Waals surface area contributed by atoms with Gasteiger partial charge < -0.3 is 15.7 Å². The summed E-state index contributed by atoms with van der Waals surface area (Å²) in [6.07, 6.45) is 3.50. The van der Waals surface area contributed by atoms with E-state index >= 15 is 0 Å². The van der Waals surface area contributed by atoms with E-state index in [-0.39, 0.29) is 5.41 Å². The van der Waals surface area contributed by atoms with Gasteiger partial charge in [0.15, 0.2) is 0 Å². The molecule has 1 heterocycles. The summed E-state index contributed by atoms with van der Waals surface area (Å²) in [6, 6.07) is 9.19. The quantitative estimate of drug-likeness (QED) is 0.684. The maximum Gasteiger partial charge on any atom is 0.313 e. The zero-order valence-electron chi connectivity index (χ0n) is 15.1. The Morgan fingerprint density at radius 3 is 2.41 bits per heavy atom. The zero-order valence-corrected chi connectivity index (χ0v) is 15.9. The molecule has 7 heteroatoms. The molecule has 5 nitrogen and oxygen atoms in total. The first kappa shape index (κ1) is 19.5. The van der Waals surface area contributed by atoms with E-state index in [9.17, 15) is 19.1 Å². The number of halogens is 1. The zero-order chi connectivity index (χ0) is 19.4. The first-order chi connectivity index (χ1) is 12.9. The third-order valence-corrected chi connectivity index (χ3v) is 6.52. The van der Waals surface area contributed by atoms with E-state index in [1.165, 1.54) is 24.3 Å². The second-order valence-corrected chi connectivity index (χ2v) is 8.12. The Bertz CT molecular complexity index is 811. The molecule has 27 heavy (non-hydrogen) atoms. The van der Waals surface area contributed by atoms with Crippen molar-refractivity contribution in [3.05, 3.63) is 52.0 Å². The first-order valence-electron chi connectivity index (χ1n) is 9.03. The standard InChI is InChI=1S/C20H23FN2O3S/c1-13(24)16-8-9-17(27-16)20(10-2-3-11-20)12-22-18(25)19(26)23-15-6-4-14(21)5-7-15/h4-9,13,24H,2-3,10-12H2,1H3,(H,22,25)(H,23,26)/t13-/m1/s1. The van der Waals surface area contributed by atoms with Gasteiger partial charge in [0.1, 0.15) is 5.82 Å². The summed E-state index contributed by atoms with van der Waals surface area (Å²) in [5.74, 6) is -1.89.